The first-order valence-corrected chi connectivity index (χ1v) is 9.49. The van der Waals surface area contributed by atoms with Crippen molar-refractivity contribution in [3.05, 3.63) is 54.1 Å². The lowest BCUT2D eigenvalue weighted by molar-refractivity contribution is -0.125. The number of nitrogens with one attached hydrogen (secondary N) is 2. The number of benzene rings is 2. The van der Waals surface area contributed by atoms with Crippen LogP contribution in [0.1, 0.15) is 18.0 Å². The number of hydrogen-bond acceptors (Lipinski definition) is 5. The molecule has 3 aromatic rings. The first-order chi connectivity index (χ1) is 14.5. The molecule has 2 amide bonds. The molecule has 0 bridgehead atoms. The Labute approximate surface area is 173 Å². The molecule has 8 nitrogen and oxygen atoms in total. The van der Waals surface area contributed by atoms with Gasteiger partial charge in [-0.15, -0.1) is 0 Å². The zero-order chi connectivity index (χ0) is 21.3. The van der Waals surface area contributed by atoms with Gasteiger partial charge in [-0.05, 0) is 19.1 Å². The first-order valence-electron chi connectivity index (χ1n) is 9.49. The van der Waals surface area contributed by atoms with E-state index in [1.54, 1.807) is 30.0 Å². The van der Waals surface area contributed by atoms with Crippen molar-refractivity contribution in [1.29, 1.82) is 0 Å². The van der Waals surface area contributed by atoms with E-state index in [0.717, 1.165) is 16.8 Å². The molecule has 0 saturated carbocycles. The molecule has 8 heteroatoms. The number of methoxy groups -OCH3 is 2. The second kappa shape index (κ2) is 7.90. The molecule has 2 heterocycles. The van der Waals surface area contributed by atoms with Crippen LogP contribution < -0.4 is 20.1 Å². The third kappa shape index (κ3) is 3.47. The Hall–Kier alpha value is -3.81. The van der Waals surface area contributed by atoms with E-state index in [2.05, 4.69) is 15.7 Å². The van der Waals surface area contributed by atoms with Crippen molar-refractivity contribution in [2.75, 3.05) is 24.9 Å². The average Bonchev–Trinajstić information content (AvgIpc) is 3.10. The number of anilines is 2. The van der Waals surface area contributed by atoms with Crippen molar-refractivity contribution < 1.29 is 19.1 Å². The van der Waals surface area contributed by atoms with Crippen molar-refractivity contribution in [3.8, 4) is 22.8 Å². The van der Waals surface area contributed by atoms with Crippen molar-refractivity contribution in [1.82, 2.24) is 9.78 Å². The molecule has 0 aliphatic carbocycles. The molecule has 1 aliphatic rings. The smallest absolute Gasteiger partial charge is 0.249 e. The Morgan fingerprint density at radius 1 is 1.17 bits per heavy atom. The van der Waals surface area contributed by atoms with Gasteiger partial charge >= 0.3 is 0 Å². The van der Waals surface area contributed by atoms with Crippen LogP contribution in [-0.4, -0.2) is 35.8 Å². The third-order valence-electron chi connectivity index (χ3n) is 5.09. The SMILES string of the molecule is COc1ccc(OC)c(NC(=O)C2CC(=O)Nc3c(C)c(-c4ccccc4)nn32)c1. The largest absolute Gasteiger partial charge is 0.497 e. The maximum Gasteiger partial charge on any atom is 0.249 e. The average molecular weight is 406 g/mol. The molecule has 154 valence electrons. The van der Waals surface area contributed by atoms with Gasteiger partial charge in [0, 0.05) is 17.2 Å². The monoisotopic (exact) mass is 406 g/mol. The van der Waals surface area contributed by atoms with Gasteiger partial charge < -0.3 is 20.1 Å². The van der Waals surface area contributed by atoms with Crippen molar-refractivity contribution >= 4 is 23.3 Å². The molecule has 1 aromatic heterocycles. The lowest BCUT2D eigenvalue weighted by atomic mass is 10.1. The summed E-state index contributed by atoms with van der Waals surface area (Å²) in [5, 5.41) is 10.4. The lowest BCUT2D eigenvalue weighted by Crippen LogP contribution is -2.36. The van der Waals surface area contributed by atoms with E-state index in [1.165, 1.54) is 7.11 Å². The van der Waals surface area contributed by atoms with Crippen LogP contribution in [-0.2, 0) is 9.59 Å². The summed E-state index contributed by atoms with van der Waals surface area (Å²) in [4.78, 5) is 25.5. The van der Waals surface area contributed by atoms with Crippen LogP contribution in [0.5, 0.6) is 11.5 Å². The summed E-state index contributed by atoms with van der Waals surface area (Å²) < 4.78 is 12.2. The van der Waals surface area contributed by atoms with Gasteiger partial charge in [-0.3, -0.25) is 9.59 Å². The number of nitrogens with zero attached hydrogens (tertiary/aromatic N) is 2. The molecular formula is C22H22N4O4. The Bertz CT molecular complexity index is 1110. The number of ether oxygens (including phenoxy) is 2. The predicted octanol–water partition coefficient (Wildman–Crippen LogP) is 3.40. The second-order valence-corrected chi connectivity index (χ2v) is 6.96. The van der Waals surface area contributed by atoms with Crippen molar-refractivity contribution in [3.63, 3.8) is 0 Å². The number of carbonyl (C=O) groups is 2. The van der Waals surface area contributed by atoms with Gasteiger partial charge in [-0.2, -0.15) is 5.10 Å². The molecule has 2 aromatic carbocycles. The van der Waals surface area contributed by atoms with E-state index >= 15 is 0 Å². The van der Waals surface area contributed by atoms with E-state index in [0.29, 0.717) is 23.0 Å². The Balaban J connectivity index is 1.70. The van der Waals surface area contributed by atoms with Crippen LogP contribution in [0.4, 0.5) is 11.5 Å². The fraction of sp³-hybridized carbons (Fsp3) is 0.227. The van der Waals surface area contributed by atoms with Gasteiger partial charge in [0.1, 0.15) is 23.4 Å². The summed E-state index contributed by atoms with van der Waals surface area (Å²) in [5.74, 6) is 1.01. The Morgan fingerprint density at radius 2 is 1.93 bits per heavy atom. The Kier molecular flexibility index (Phi) is 5.14. The van der Waals surface area contributed by atoms with Crippen LogP contribution in [0.25, 0.3) is 11.3 Å². The maximum atomic E-state index is 13.2. The zero-order valence-corrected chi connectivity index (χ0v) is 16.9. The molecule has 0 spiro atoms. The second-order valence-electron chi connectivity index (χ2n) is 6.96. The highest BCUT2D eigenvalue weighted by Gasteiger charge is 2.34. The molecule has 4 rings (SSSR count). The summed E-state index contributed by atoms with van der Waals surface area (Å²) in [6.45, 7) is 1.88. The Morgan fingerprint density at radius 3 is 2.63 bits per heavy atom. The van der Waals surface area contributed by atoms with Gasteiger partial charge in [-0.25, -0.2) is 4.68 Å². The zero-order valence-electron chi connectivity index (χ0n) is 16.9. The lowest BCUT2D eigenvalue weighted by Gasteiger charge is -2.24. The molecule has 2 N–H and O–H groups in total. The highest BCUT2D eigenvalue weighted by Crippen LogP contribution is 2.35. The van der Waals surface area contributed by atoms with Crippen molar-refractivity contribution in [2.24, 2.45) is 0 Å². The van der Waals surface area contributed by atoms with Crippen LogP contribution in [0.2, 0.25) is 0 Å². The van der Waals surface area contributed by atoms with Gasteiger partial charge in [0.2, 0.25) is 11.8 Å². The minimum Gasteiger partial charge on any atom is -0.497 e. The molecule has 0 saturated heterocycles. The molecule has 30 heavy (non-hydrogen) atoms. The third-order valence-corrected chi connectivity index (χ3v) is 5.09. The summed E-state index contributed by atoms with van der Waals surface area (Å²) in [6.07, 6.45) is -0.0134. The normalized spacial score (nSPS) is 15.2. The van der Waals surface area contributed by atoms with Gasteiger partial charge in [-0.1, -0.05) is 30.3 Å². The van der Waals surface area contributed by atoms with Crippen LogP contribution in [0.15, 0.2) is 48.5 Å². The molecule has 0 fully saturated rings. The number of fused-ring (bicyclic) bond motifs is 1. The minimum atomic E-state index is -0.791. The van der Waals surface area contributed by atoms with E-state index in [4.69, 9.17) is 9.47 Å². The molecule has 1 aliphatic heterocycles. The summed E-state index contributed by atoms with van der Waals surface area (Å²) >= 11 is 0. The fourth-order valence-electron chi connectivity index (χ4n) is 3.54. The van der Waals surface area contributed by atoms with Crippen molar-refractivity contribution in [2.45, 2.75) is 19.4 Å². The highest BCUT2D eigenvalue weighted by molar-refractivity contribution is 6.02. The highest BCUT2D eigenvalue weighted by atomic mass is 16.5. The topological polar surface area (TPSA) is 94.5 Å². The minimum absolute atomic E-state index is 0.0134. The standard InChI is InChI=1S/C22H22N4O4/c1-13-20(14-7-5-4-6-8-14)25-26-17(12-19(27)24-21(13)26)22(28)23-16-11-15(29-2)9-10-18(16)30-3/h4-11,17H,12H2,1-3H3,(H,23,28)(H,24,27). The molecule has 1 atom stereocenters. The number of hydrogen-bond donors (Lipinski definition) is 2. The van der Waals surface area contributed by atoms with Gasteiger partial charge in [0.15, 0.2) is 0 Å². The van der Waals surface area contributed by atoms with E-state index in [9.17, 15) is 9.59 Å². The fourth-order valence-corrected chi connectivity index (χ4v) is 3.54. The quantitative estimate of drug-likeness (QED) is 0.677. The summed E-state index contributed by atoms with van der Waals surface area (Å²) in [6, 6.07) is 14.0. The van der Waals surface area contributed by atoms with Gasteiger partial charge in [0.25, 0.3) is 0 Å². The maximum absolute atomic E-state index is 13.2. The number of aromatic nitrogens is 2. The van der Waals surface area contributed by atoms with Crippen LogP contribution >= 0.6 is 0 Å². The van der Waals surface area contributed by atoms with E-state index < -0.39 is 6.04 Å². The number of rotatable bonds is 5. The number of amides is 2. The van der Waals surface area contributed by atoms with Gasteiger partial charge in [0.05, 0.1) is 32.0 Å². The van der Waals surface area contributed by atoms with E-state index in [-0.39, 0.29) is 18.2 Å². The summed E-state index contributed by atoms with van der Waals surface area (Å²) in [5.41, 5.74) is 2.91. The molecule has 0 radical (unpaired) electrons. The van der Waals surface area contributed by atoms with Crippen LogP contribution in [0.3, 0.4) is 0 Å². The number of carbonyl (C=O) groups excluding carboxylic acids is 2. The van der Waals surface area contributed by atoms with E-state index in [1.807, 2.05) is 37.3 Å². The van der Waals surface area contributed by atoms with Crippen LogP contribution in [0, 0.1) is 6.92 Å². The first kappa shape index (κ1) is 19.5. The molecular weight excluding hydrogens is 384 g/mol. The summed E-state index contributed by atoms with van der Waals surface area (Å²) in [7, 11) is 3.06. The molecule has 1 unspecified atom stereocenters. The predicted molar refractivity (Wildman–Crippen MR) is 113 cm³/mol.